The maximum absolute atomic E-state index is 6.07. The van der Waals surface area contributed by atoms with Crippen LogP contribution in [0.3, 0.4) is 0 Å². The highest BCUT2D eigenvalue weighted by Crippen LogP contribution is 2.20. The number of pyridine rings is 1. The zero-order chi connectivity index (χ0) is 13.8. The topological polar surface area (TPSA) is 48.1 Å². The van der Waals surface area contributed by atoms with Crippen LogP contribution >= 0.6 is 23.8 Å². The van der Waals surface area contributed by atoms with Gasteiger partial charge in [-0.25, -0.2) is 4.98 Å². The Kier molecular flexibility index (Phi) is 4.35. The third-order valence-electron chi connectivity index (χ3n) is 2.59. The molecule has 0 saturated heterocycles. The van der Waals surface area contributed by atoms with Gasteiger partial charge in [0.05, 0.1) is 5.56 Å². The van der Waals surface area contributed by atoms with Crippen molar-refractivity contribution in [1.29, 1.82) is 0 Å². The lowest BCUT2D eigenvalue weighted by molar-refractivity contribution is 0.293. The molecule has 2 N–H and O–H groups in total. The van der Waals surface area contributed by atoms with Gasteiger partial charge in [0.25, 0.3) is 0 Å². The van der Waals surface area contributed by atoms with Crippen LogP contribution in [0, 0.1) is 6.92 Å². The van der Waals surface area contributed by atoms with Crippen LogP contribution in [0.4, 0.5) is 0 Å². The van der Waals surface area contributed by atoms with Crippen molar-refractivity contribution in [1.82, 2.24) is 4.98 Å². The van der Waals surface area contributed by atoms with Gasteiger partial charge >= 0.3 is 0 Å². The lowest BCUT2D eigenvalue weighted by Gasteiger charge is -2.11. The number of ether oxygens (including phenoxy) is 1. The lowest BCUT2D eigenvalue weighted by Crippen LogP contribution is -2.13. The van der Waals surface area contributed by atoms with Crippen LogP contribution in [0.2, 0.25) is 5.02 Å². The van der Waals surface area contributed by atoms with E-state index in [2.05, 4.69) is 4.98 Å². The molecule has 2 rings (SSSR count). The molecule has 3 nitrogen and oxygen atoms in total. The summed E-state index contributed by atoms with van der Waals surface area (Å²) in [6.07, 6.45) is 0. The molecule has 1 aromatic carbocycles. The van der Waals surface area contributed by atoms with E-state index in [-0.39, 0.29) is 4.99 Å². The van der Waals surface area contributed by atoms with Crippen molar-refractivity contribution >= 4 is 28.8 Å². The van der Waals surface area contributed by atoms with Gasteiger partial charge in [-0.05, 0) is 25.1 Å². The van der Waals surface area contributed by atoms with Crippen molar-refractivity contribution < 1.29 is 4.74 Å². The zero-order valence-corrected chi connectivity index (χ0v) is 12.0. The quantitative estimate of drug-likeness (QED) is 0.879. The normalized spacial score (nSPS) is 10.2. The number of rotatable bonds is 4. The van der Waals surface area contributed by atoms with Gasteiger partial charge in [-0.2, -0.15) is 0 Å². The molecule has 98 valence electrons. The Labute approximate surface area is 122 Å². The average Bonchev–Trinajstić information content (AvgIpc) is 2.37. The Hall–Kier alpha value is -1.65. The third kappa shape index (κ3) is 3.43. The number of aromatic nitrogens is 1. The number of hydrogen-bond donors (Lipinski definition) is 1. The number of aryl methyl sites for hydroxylation is 1. The first kappa shape index (κ1) is 13.8. The highest BCUT2D eigenvalue weighted by atomic mass is 35.5. The minimum absolute atomic E-state index is 0.265. The fourth-order valence-corrected chi connectivity index (χ4v) is 1.94. The first-order valence-electron chi connectivity index (χ1n) is 5.71. The number of hydrogen-bond acceptors (Lipinski definition) is 3. The number of thiocarbonyl (C=S) groups is 1. The predicted molar refractivity (Wildman–Crippen MR) is 80.6 cm³/mol. The van der Waals surface area contributed by atoms with Gasteiger partial charge in [-0.15, -0.1) is 0 Å². The van der Waals surface area contributed by atoms with Gasteiger partial charge in [0, 0.05) is 16.3 Å². The second-order valence-corrected chi connectivity index (χ2v) is 4.90. The molecule has 0 aliphatic carbocycles. The zero-order valence-electron chi connectivity index (χ0n) is 10.4. The summed E-state index contributed by atoms with van der Waals surface area (Å²) in [5.74, 6) is 0.437. The summed E-state index contributed by atoms with van der Waals surface area (Å²) < 4.78 is 5.68. The molecule has 0 atom stereocenters. The second kappa shape index (κ2) is 5.99. The fourth-order valence-electron chi connectivity index (χ4n) is 1.59. The van der Waals surface area contributed by atoms with Gasteiger partial charge < -0.3 is 10.5 Å². The van der Waals surface area contributed by atoms with Crippen molar-refractivity contribution in [3.8, 4) is 5.88 Å². The summed E-state index contributed by atoms with van der Waals surface area (Å²) in [5, 5.41) is 0.659. The van der Waals surface area contributed by atoms with Crippen LogP contribution in [0.15, 0.2) is 36.4 Å². The standard InChI is InChI=1S/C14H13ClN2OS/c1-9-6-7-11(13(16)19)14(17-9)18-8-10-4-2-3-5-12(10)15/h2-7H,8H2,1H3,(H2,16,19). The Balaban J connectivity index is 2.22. The van der Waals surface area contributed by atoms with Crippen LogP contribution in [0.5, 0.6) is 5.88 Å². The smallest absolute Gasteiger partial charge is 0.224 e. The third-order valence-corrected chi connectivity index (χ3v) is 3.18. The Bertz CT molecular complexity index is 616. The van der Waals surface area contributed by atoms with Gasteiger partial charge in [0.1, 0.15) is 11.6 Å². The fraction of sp³-hybridized carbons (Fsp3) is 0.143. The summed E-state index contributed by atoms with van der Waals surface area (Å²) in [7, 11) is 0. The van der Waals surface area contributed by atoms with Gasteiger partial charge in [-0.3, -0.25) is 0 Å². The molecular weight excluding hydrogens is 280 g/mol. The summed E-state index contributed by atoms with van der Waals surface area (Å²) in [5.41, 5.74) is 8.01. The average molecular weight is 293 g/mol. The van der Waals surface area contributed by atoms with Crippen molar-refractivity contribution in [2.45, 2.75) is 13.5 Å². The highest BCUT2D eigenvalue weighted by molar-refractivity contribution is 7.80. The molecule has 2 aromatic rings. The number of nitrogens with two attached hydrogens (primary N) is 1. The maximum atomic E-state index is 6.07. The van der Waals surface area contributed by atoms with Crippen LogP contribution in [-0.2, 0) is 6.61 Å². The van der Waals surface area contributed by atoms with Crippen molar-refractivity contribution in [2.75, 3.05) is 0 Å². The van der Waals surface area contributed by atoms with Crippen molar-refractivity contribution in [3.05, 3.63) is 58.2 Å². The van der Waals surface area contributed by atoms with E-state index in [0.29, 0.717) is 23.1 Å². The van der Waals surface area contributed by atoms with Crippen LogP contribution in [0.1, 0.15) is 16.8 Å². The lowest BCUT2D eigenvalue weighted by atomic mass is 10.2. The first-order chi connectivity index (χ1) is 9.08. The minimum atomic E-state index is 0.265. The minimum Gasteiger partial charge on any atom is -0.472 e. The molecule has 0 fully saturated rings. The first-order valence-corrected chi connectivity index (χ1v) is 6.50. The van der Waals surface area contributed by atoms with E-state index in [1.165, 1.54) is 0 Å². The summed E-state index contributed by atoms with van der Waals surface area (Å²) >= 11 is 11.1. The monoisotopic (exact) mass is 292 g/mol. The molecule has 0 aliphatic rings. The summed E-state index contributed by atoms with van der Waals surface area (Å²) in [6, 6.07) is 11.2. The molecule has 5 heteroatoms. The number of halogens is 1. The molecule has 0 radical (unpaired) electrons. The van der Waals surface area contributed by atoms with E-state index in [4.69, 9.17) is 34.3 Å². The van der Waals surface area contributed by atoms with E-state index in [1.54, 1.807) is 0 Å². The predicted octanol–water partition coefficient (Wildman–Crippen LogP) is 3.26. The molecule has 0 saturated carbocycles. The Morgan fingerprint density at radius 3 is 2.74 bits per heavy atom. The number of nitrogens with zero attached hydrogens (tertiary/aromatic N) is 1. The van der Waals surface area contributed by atoms with Crippen LogP contribution in [-0.4, -0.2) is 9.97 Å². The Morgan fingerprint density at radius 1 is 1.32 bits per heavy atom. The molecule has 0 aliphatic heterocycles. The van der Waals surface area contributed by atoms with E-state index in [9.17, 15) is 0 Å². The van der Waals surface area contributed by atoms with Gasteiger partial charge in [-0.1, -0.05) is 42.0 Å². The maximum Gasteiger partial charge on any atom is 0.224 e. The second-order valence-electron chi connectivity index (χ2n) is 4.05. The molecule has 1 heterocycles. The van der Waals surface area contributed by atoms with Gasteiger partial charge in [0.15, 0.2) is 0 Å². The SMILES string of the molecule is Cc1ccc(C(N)=S)c(OCc2ccccc2Cl)n1. The van der Waals surface area contributed by atoms with E-state index in [1.807, 2.05) is 43.3 Å². The van der Waals surface area contributed by atoms with Gasteiger partial charge in [0.2, 0.25) is 5.88 Å². The summed E-state index contributed by atoms with van der Waals surface area (Å²) in [6.45, 7) is 2.21. The van der Waals surface area contributed by atoms with E-state index in [0.717, 1.165) is 11.3 Å². The Morgan fingerprint density at radius 2 is 2.05 bits per heavy atom. The summed E-state index contributed by atoms with van der Waals surface area (Å²) in [4.78, 5) is 4.57. The van der Waals surface area contributed by atoms with E-state index < -0.39 is 0 Å². The largest absolute Gasteiger partial charge is 0.472 e. The molecule has 0 unspecified atom stereocenters. The van der Waals surface area contributed by atoms with E-state index >= 15 is 0 Å². The van der Waals surface area contributed by atoms with Crippen LogP contribution < -0.4 is 10.5 Å². The number of benzene rings is 1. The molecule has 0 amide bonds. The molecule has 0 bridgehead atoms. The molecular formula is C14H13ClN2OS. The molecule has 1 aromatic heterocycles. The van der Waals surface area contributed by atoms with Crippen molar-refractivity contribution in [2.24, 2.45) is 5.73 Å². The van der Waals surface area contributed by atoms with Crippen molar-refractivity contribution in [3.63, 3.8) is 0 Å². The molecule has 19 heavy (non-hydrogen) atoms. The van der Waals surface area contributed by atoms with Crippen LogP contribution in [0.25, 0.3) is 0 Å². The molecule has 0 spiro atoms. The highest BCUT2D eigenvalue weighted by Gasteiger charge is 2.09.